The van der Waals surface area contributed by atoms with Gasteiger partial charge in [-0.2, -0.15) is 0 Å². The lowest BCUT2D eigenvalue weighted by molar-refractivity contribution is -0.115. The molecule has 11 nitrogen and oxygen atoms in total. The van der Waals surface area contributed by atoms with E-state index in [1.807, 2.05) is 78.2 Å². The third kappa shape index (κ3) is 8.03. The third-order valence-electron chi connectivity index (χ3n) is 8.69. The Morgan fingerprint density at radius 1 is 0.673 bits per heavy atom. The van der Waals surface area contributed by atoms with Crippen molar-refractivity contribution >= 4 is 57.5 Å². The van der Waals surface area contributed by atoms with Gasteiger partial charge in [0.2, 0.25) is 11.8 Å². The van der Waals surface area contributed by atoms with Crippen LogP contribution in [-0.2, 0) is 16.0 Å². The van der Waals surface area contributed by atoms with Crippen molar-refractivity contribution in [3.05, 3.63) is 150 Å². The number of rotatable bonds is 6. The number of amides is 2. The van der Waals surface area contributed by atoms with Crippen LogP contribution in [0.3, 0.4) is 0 Å². The molecule has 2 aliphatic rings. The van der Waals surface area contributed by atoms with Crippen molar-refractivity contribution in [2.75, 3.05) is 17.7 Å². The Balaban J connectivity index is 0.000000135. The minimum absolute atomic E-state index is 0.0606. The molecule has 4 N–H and O–H groups in total. The molecular weight excluding hydrogens is 729 g/mol. The molecule has 6 heterocycles. The van der Waals surface area contributed by atoms with E-state index >= 15 is 0 Å². The molecule has 0 atom stereocenters. The highest BCUT2D eigenvalue weighted by Crippen LogP contribution is 2.37. The van der Waals surface area contributed by atoms with Crippen LogP contribution in [0, 0.1) is 0 Å². The Morgan fingerprint density at radius 3 is 1.87 bits per heavy atom. The molecule has 0 saturated carbocycles. The number of carbonyl (C=O) groups is 2. The van der Waals surface area contributed by atoms with Crippen LogP contribution in [0.25, 0.3) is 55.3 Å². The minimum Gasteiger partial charge on any atom is -0.481 e. The molecule has 0 radical (unpaired) electrons. The van der Waals surface area contributed by atoms with E-state index in [2.05, 4.69) is 66.3 Å². The van der Waals surface area contributed by atoms with Crippen molar-refractivity contribution in [3.63, 3.8) is 0 Å². The number of aromatic amines is 2. The summed E-state index contributed by atoms with van der Waals surface area (Å²) in [5.74, 6) is 0.644. The first-order valence-electron chi connectivity index (χ1n) is 17.1. The molecule has 0 bridgehead atoms. The second-order valence-corrected chi connectivity index (χ2v) is 14.0. The fourth-order valence-corrected chi connectivity index (χ4v) is 7.64. The number of carbonyl (C=O) groups excluding carboxylic acids is 2. The molecule has 270 valence electrons. The number of imidazole rings is 2. The van der Waals surface area contributed by atoms with Gasteiger partial charge in [-0.15, -0.1) is 22.7 Å². The number of methoxy groups -OCH3 is 1. The Bertz CT molecular complexity index is 2600. The summed E-state index contributed by atoms with van der Waals surface area (Å²) in [6.45, 7) is 0. The van der Waals surface area contributed by atoms with Crippen LogP contribution < -0.4 is 15.4 Å². The van der Waals surface area contributed by atoms with Crippen molar-refractivity contribution in [2.24, 2.45) is 0 Å². The first kappa shape index (κ1) is 35.1. The van der Waals surface area contributed by atoms with Crippen LogP contribution in [0.2, 0.25) is 0 Å². The maximum Gasteiger partial charge on any atom is 0.256 e. The van der Waals surface area contributed by atoms with Gasteiger partial charge >= 0.3 is 0 Å². The largest absolute Gasteiger partial charge is 0.481 e. The third-order valence-corrected chi connectivity index (χ3v) is 10.5. The fraction of sp³-hybridized carbons (Fsp3) is 0.0476. The molecule has 8 aromatic rings. The Labute approximate surface area is 323 Å². The van der Waals surface area contributed by atoms with Crippen molar-refractivity contribution in [1.29, 1.82) is 0 Å². The average Bonchev–Trinajstić information content (AvgIpc) is 4.09. The predicted octanol–water partition coefficient (Wildman–Crippen LogP) is 9.08. The van der Waals surface area contributed by atoms with E-state index in [0.29, 0.717) is 17.9 Å². The van der Waals surface area contributed by atoms with Gasteiger partial charge in [-0.1, -0.05) is 72.8 Å². The van der Waals surface area contributed by atoms with Crippen LogP contribution in [0.15, 0.2) is 133 Å². The van der Waals surface area contributed by atoms with Crippen LogP contribution in [0.4, 0.5) is 11.4 Å². The maximum atomic E-state index is 12.4. The highest BCUT2D eigenvalue weighted by atomic mass is 32.1. The lowest BCUT2D eigenvalue weighted by atomic mass is 10.0. The van der Waals surface area contributed by atoms with Crippen LogP contribution in [0.1, 0.15) is 16.8 Å². The molecule has 2 amide bonds. The molecule has 10 rings (SSSR count). The number of benzene rings is 4. The lowest BCUT2D eigenvalue weighted by Crippen LogP contribution is -2.03. The summed E-state index contributed by atoms with van der Waals surface area (Å²) < 4.78 is 4.74. The summed E-state index contributed by atoms with van der Waals surface area (Å²) in [6.07, 6.45) is 8.73. The number of anilines is 2. The van der Waals surface area contributed by atoms with E-state index in [-0.39, 0.29) is 11.8 Å². The van der Waals surface area contributed by atoms with Gasteiger partial charge in [0.1, 0.15) is 10.0 Å². The molecule has 4 aromatic carbocycles. The van der Waals surface area contributed by atoms with Gasteiger partial charge < -0.3 is 25.3 Å². The molecule has 2 aliphatic heterocycles. The summed E-state index contributed by atoms with van der Waals surface area (Å²) in [6, 6.07) is 32.2. The van der Waals surface area contributed by atoms with Gasteiger partial charge in [0.15, 0.2) is 0 Å². The van der Waals surface area contributed by atoms with Crippen molar-refractivity contribution < 1.29 is 14.3 Å². The first-order chi connectivity index (χ1) is 27.0. The number of fused-ring (bicyclic) bond motifs is 2. The van der Waals surface area contributed by atoms with Crippen LogP contribution in [-0.4, -0.2) is 48.8 Å². The molecule has 0 fully saturated rings. The van der Waals surface area contributed by atoms with E-state index in [4.69, 9.17) is 14.7 Å². The zero-order valence-corrected chi connectivity index (χ0v) is 30.9. The van der Waals surface area contributed by atoms with E-state index < -0.39 is 0 Å². The van der Waals surface area contributed by atoms with Gasteiger partial charge in [-0.05, 0) is 35.9 Å². The Morgan fingerprint density at radius 2 is 1.29 bits per heavy atom. The average molecular weight is 761 g/mol. The highest BCUT2D eigenvalue weighted by Gasteiger charge is 2.25. The smallest absolute Gasteiger partial charge is 0.256 e. The SMILES string of the molecule is COc1cnc[nH]1.O=C1Cc2cc(-c3csc(-c4ccccc4)n3)ccc2N1.O=C1Nc2ccc(-c3csc(-c4ccccc4)n3)cc2/C1=C/c1cnc[nH]1. The predicted molar refractivity (Wildman–Crippen MR) is 219 cm³/mol. The van der Waals surface area contributed by atoms with Gasteiger partial charge in [0.05, 0.1) is 61.2 Å². The molecule has 0 saturated heterocycles. The molecule has 0 spiro atoms. The normalized spacial score (nSPS) is 13.1. The second-order valence-electron chi connectivity index (χ2n) is 12.3. The molecule has 13 heteroatoms. The molecule has 4 aromatic heterocycles. The standard InChI is InChI=1S/C21H14N4OS.C17H12N2OS.C4H6N2O/c26-20-17(9-15-10-22-12-23-15)16-8-14(6-7-18(16)24-20)19-11-27-21(25-19)13-4-2-1-3-5-13;20-16-9-13-8-12(6-7-14(13)18-16)15-10-21-17(19-15)11-4-2-1-3-5-11;1-7-4-2-5-3-6-4/h1-12H,(H,22,23)(H,24,26);1-8,10H,9H2,(H,18,20);2-3H,1H3,(H,5,6)/b17-9-;;. The molecular formula is C42H32N8O3S2. The lowest BCUT2D eigenvalue weighted by Gasteiger charge is -2.02. The molecule has 0 unspecified atom stereocenters. The summed E-state index contributed by atoms with van der Waals surface area (Å²) in [5.41, 5.74) is 11.2. The zero-order chi connectivity index (χ0) is 37.6. The van der Waals surface area contributed by atoms with Crippen LogP contribution in [0.5, 0.6) is 5.88 Å². The summed E-state index contributed by atoms with van der Waals surface area (Å²) >= 11 is 3.25. The number of H-pyrrole nitrogens is 2. The Kier molecular flexibility index (Phi) is 10.2. The van der Waals surface area contributed by atoms with Crippen molar-refractivity contribution in [3.8, 4) is 49.5 Å². The monoisotopic (exact) mass is 760 g/mol. The van der Waals surface area contributed by atoms with Crippen molar-refractivity contribution in [1.82, 2.24) is 29.9 Å². The van der Waals surface area contributed by atoms with Crippen LogP contribution >= 0.6 is 22.7 Å². The van der Waals surface area contributed by atoms with Gasteiger partial charge in [0, 0.05) is 50.0 Å². The van der Waals surface area contributed by atoms with E-state index in [9.17, 15) is 9.59 Å². The summed E-state index contributed by atoms with van der Waals surface area (Å²) in [7, 11) is 1.59. The second kappa shape index (κ2) is 16.0. The zero-order valence-electron chi connectivity index (χ0n) is 29.3. The number of hydrogen-bond acceptors (Lipinski definition) is 9. The highest BCUT2D eigenvalue weighted by molar-refractivity contribution is 7.13. The number of hydrogen-bond donors (Lipinski definition) is 4. The first-order valence-corrected chi connectivity index (χ1v) is 18.9. The minimum atomic E-state index is -0.111. The van der Waals surface area contributed by atoms with Gasteiger partial charge in [-0.3, -0.25) is 9.59 Å². The Hall–Kier alpha value is -6.96. The topological polar surface area (TPSA) is 151 Å². The molecule has 55 heavy (non-hydrogen) atoms. The van der Waals surface area contributed by atoms with E-state index in [0.717, 1.165) is 71.9 Å². The number of aromatic nitrogens is 6. The van der Waals surface area contributed by atoms with Gasteiger partial charge in [-0.25, -0.2) is 19.9 Å². The maximum absolute atomic E-state index is 12.4. The summed E-state index contributed by atoms with van der Waals surface area (Å²) in [5, 5.41) is 11.9. The van der Waals surface area contributed by atoms with Crippen molar-refractivity contribution in [2.45, 2.75) is 6.42 Å². The number of ether oxygens (including phenoxy) is 1. The summed E-state index contributed by atoms with van der Waals surface area (Å²) in [4.78, 5) is 46.7. The van der Waals surface area contributed by atoms with Gasteiger partial charge in [0.25, 0.3) is 5.91 Å². The van der Waals surface area contributed by atoms with E-state index in [1.54, 1.807) is 54.8 Å². The fourth-order valence-electron chi connectivity index (χ4n) is 5.97. The quantitative estimate of drug-likeness (QED) is 0.124. The number of nitrogens with one attached hydrogen (secondary N) is 4. The molecule has 0 aliphatic carbocycles. The number of thiazole rings is 2. The number of nitrogens with zero attached hydrogens (tertiary/aromatic N) is 4. The van der Waals surface area contributed by atoms with E-state index in [1.165, 1.54) is 0 Å².